The van der Waals surface area contributed by atoms with Gasteiger partial charge < -0.3 is 0 Å². The average Bonchev–Trinajstić information content (AvgIpc) is 2.21. The van der Waals surface area contributed by atoms with E-state index in [1.165, 1.54) is 18.2 Å². The Morgan fingerprint density at radius 1 is 1.44 bits per heavy atom. The lowest BCUT2D eigenvalue weighted by Crippen LogP contribution is -2.21. The molecule has 0 unspecified atom stereocenters. The molecule has 0 fully saturated rings. The molecule has 0 radical (unpaired) electrons. The van der Waals surface area contributed by atoms with Gasteiger partial charge in [-0.05, 0) is 24.6 Å². The van der Waals surface area contributed by atoms with E-state index in [9.17, 15) is 13.6 Å². The van der Waals surface area contributed by atoms with Gasteiger partial charge in [0.05, 0.1) is 5.69 Å². The smallest absolute Gasteiger partial charge is 0.211 e. The van der Waals surface area contributed by atoms with Gasteiger partial charge in [0.25, 0.3) is 0 Å². The Bertz CT molecular complexity index is 442. The fourth-order valence-corrected chi connectivity index (χ4v) is 1.42. The number of nitrogens with zero attached hydrogens (tertiary/aromatic N) is 1. The van der Waals surface area contributed by atoms with Gasteiger partial charge in [-0.2, -0.15) is 13.8 Å². The van der Waals surface area contributed by atoms with Crippen LogP contribution in [-0.2, 0) is 10.7 Å². The summed E-state index contributed by atoms with van der Waals surface area (Å²) < 4.78 is 26.8. The van der Waals surface area contributed by atoms with E-state index < -0.39 is 10.8 Å². The molecule has 1 rings (SSSR count). The quantitative estimate of drug-likeness (QED) is 0.464. The maximum atomic E-state index is 13.4. The zero-order valence-electron chi connectivity index (χ0n) is 8.18. The highest BCUT2D eigenvalue weighted by Gasteiger charge is 2.39. The summed E-state index contributed by atoms with van der Waals surface area (Å²) in [5.41, 5.74) is 0.398. The molecule has 2 nitrogen and oxygen atoms in total. The van der Waals surface area contributed by atoms with Crippen molar-refractivity contribution in [2.45, 2.75) is 17.7 Å². The van der Waals surface area contributed by atoms with Gasteiger partial charge in [-0.1, -0.05) is 29.3 Å². The zero-order valence-corrected chi connectivity index (χ0v) is 9.69. The van der Waals surface area contributed by atoms with Crippen molar-refractivity contribution >= 4 is 35.0 Å². The molecular weight excluding hydrogens is 259 g/mol. The Hall–Kier alpha value is -0.960. The van der Waals surface area contributed by atoms with E-state index in [0.29, 0.717) is 5.56 Å². The molecule has 1 aromatic carbocycles. The van der Waals surface area contributed by atoms with Crippen LogP contribution in [0, 0.1) is 6.92 Å². The largest absolute Gasteiger partial charge is 0.302 e. The molecule has 0 saturated carbocycles. The van der Waals surface area contributed by atoms with Crippen LogP contribution in [0.3, 0.4) is 0 Å². The Morgan fingerprint density at radius 2 is 2.06 bits per heavy atom. The van der Waals surface area contributed by atoms with Crippen LogP contribution >= 0.6 is 23.2 Å². The summed E-state index contributed by atoms with van der Waals surface area (Å²) in [5, 5.41) is 0. The fraction of sp³-hybridized carbons (Fsp3) is 0.300. The summed E-state index contributed by atoms with van der Waals surface area (Å²) in [5.74, 6) is -3.34. The second-order valence-electron chi connectivity index (χ2n) is 3.13. The second-order valence-corrected chi connectivity index (χ2v) is 4.22. The van der Waals surface area contributed by atoms with Crippen LogP contribution < -0.4 is 0 Å². The number of alkyl halides is 4. The predicted octanol–water partition coefficient (Wildman–Crippen LogP) is 3.86. The topological polar surface area (TPSA) is 29.4 Å². The van der Waals surface area contributed by atoms with Gasteiger partial charge in [-0.15, -0.1) is 0 Å². The van der Waals surface area contributed by atoms with Crippen LogP contribution in [0.5, 0.6) is 0 Å². The van der Waals surface area contributed by atoms with Crippen molar-refractivity contribution in [3.8, 4) is 0 Å². The van der Waals surface area contributed by atoms with E-state index in [1.807, 2.05) is 0 Å². The minimum Gasteiger partial charge on any atom is -0.211 e. The number of halogens is 4. The SMILES string of the molecule is Cc1cc(C(F)(F)C(Cl)Cl)ccc1N=C=O. The molecule has 0 atom stereocenters. The summed E-state index contributed by atoms with van der Waals surface area (Å²) in [6.07, 6.45) is 1.34. The number of aryl methyl sites for hydroxylation is 1. The number of aliphatic imine (C=N–C) groups is 1. The second kappa shape index (κ2) is 4.91. The molecule has 6 heteroatoms. The Kier molecular flexibility index (Phi) is 4.03. The van der Waals surface area contributed by atoms with Gasteiger partial charge in [0.1, 0.15) is 0 Å². The standard InChI is InChI=1S/C10H7Cl2F2NO/c1-6-4-7(10(13,14)9(11)12)2-3-8(6)15-5-16/h2-4,9H,1H3. The molecule has 0 bridgehead atoms. The van der Waals surface area contributed by atoms with Gasteiger partial charge in [0.15, 0.2) is 4.84 Å². The number of hydrogen-bond donors (Lipinski definition) is 0. The number of rotatable bonds is 3. The maximum Gasteiger partial charge on any atom is 0.302 e. The molecule has 0 aliphatic carbocycles. The zero-order chi connectivity index (χ0) is 12.3. The van der Waals surface area contributed by atoms with Crippen molar-refractivity contribution in [1.82, 2.24) is 0 Å². The number of carbonyl (C=O) groups excluding carboxylic acids is 1. The Morgan fingerprint density at radius 3 is 2.50 bits per heavy atom. The third-order valence-electron chi connectivity index (χ3n) is 2.02. The summed E-state index contributed by atoms with van der Waals surface area (Å²) in [4.78, 5) is 11.6. The first-order chi connectivity index (χ1) is 7.39. The molecule has 0 N–H and O–H groups in total. The van der Waals surface area contributed by atoms with Gasteiger partial charge >= 0.3 is 5.92 Å². The van der Waals surface area contributed by atoms with Gasteiger partial charge in [0, 0.05) is 5.56 Å². The molecule has 0 saturated heterocycles. The summed E-state index contributed by atoms with van der Waals surface area (Å²) in [7, 11) is 0. The lowest BCUT2D eigenvalue weighted by molar-refractivity contribution is 0.0108. The van der Waals surface area contributed by atoms with Gasteiger partial charge in [0.2, 0.25) is 6.08 Å². The van der Waals surface area contributed by atoms with Crippen LogP contribution in [0.1, 0.15) is 11.1 Å². The van der Waals surface area contributed by atoms with Crippen LogP contribution in [-0.4, -0.2) is 10.9 Å². The van der Waals surface area contributed by atoms with Crippen LogP contribution in [0.25, 0.3) is 0 Å². The highest BCUT2D eigenvalue weighted by molar-refractivity contribution is 6.44. The van der Waals surface area contributed by atoms with Gasteiger partial charge in [-0.3, -0.25) is 0 Å². The molecule has 1 aromatic rings. The molecule has 16 heavy (non-hydrogen) atoms. The van der Waals surface area contributed by atoms with E-state index >= 15 is 0 Å². The molecule has 0 aromatic heterocycles. The highest BCUT2D eigenvalue weighted by atomic mass is 35.5. The van der Waals surface area contributed by atoms with Crippen LogP contribution in [0.4, 0.5) is 14.5 Å². The van der Waals surface area contributed by atoms with E-state index in [2.05, 4.69) is 4.99 Å². The van der Waals surface area contributed by atoms with Crippen molar-refractivity contribution in [3.05, 3.63) is 29.3 Å². The minimum absolute atomic E-state index is 0.287. The normalized spacial score (nSPS) is 11.4. The maximum absolute atomic E-state index is 13.4. The first-order valence-electron chi connectivity index (χ1n) is 4.24. The first-order valence-corrected chi connectivity index (χ1v) is 5.12. The fourth-order valence-electron chi connectivity index (χ4n) is 1.16. The van der Waals surface area contributed by atoms with E-state index in [4.69, 9.17) is 23.2 Å². The summed E-state index contributed by atoms with van der Waals surface area (Å²) in [6.45, 7) is 1.55. The molecule has 0 aliphatic rings. The monoisotopic (exact) mass is 265 g/mol. The van der Waals surface area contributed by atoms with Crippen LogP contribution in [0.2, 0.25) is 0 Å². The number of hydrogen-bond acceptors (Lipinski definition) is 2. The van der Waals surface area contributed by atoms with Gasteiger partial charge in [-0.25, -0.2) is 4.79 Å². The molecule has 0 spiro atoms. The molecule has 86 valence electrons. The summed E-state index contributed by atoms with van der Waals surface area (Å²) in [6, 6.07) is 3.61. The average molecular weight is 266 g/mol. The van der Waals surface area contributed by atoms with Crippen molar-refractivity contribution in [2.24, 2.45) is 4.99 Å². The van der Waals surface area contributed by atoms with Crippen molar-refractivity contribution in [2.75, 3.05) is 0 Å². The van der Waals surface area contributed by atoms with Crippen molar-refractivity contribution in [1.29, 1.82) is 0 Å². The third kappa shape index (κ3) is 2.59. The predicted molar refractivity (Wildman–Crippen MR) is 58.3 cm³/mol. The Balaban J connectivity index is 3.20. The minimum atomic E-state index is -3.34. The van der Waals surface area contributed by atoms with E-state index in [1.54, 1.807) is 6.92 Å². The van der Waals surface area contributed by atoms with Crippen molar-refractivity contribution in [3.63, 3.8) is 0 Å². The van der Waals surface area contributed by atoms with E-state index in [0.717, 1.165) is 6.07 Å². The highest BCUT2D eigenvalue weighted by Crippen LogP contribution is 2.38. The molecular formula is C10H7Cl2F2NO. The number of isocyanates is 1. The van der Waals surface area contributed by atoms with Crippen molar-refractivity contribution < 1.29 is 13.6 Å². The number of benzene rings is 1. The van der Waals surface area contributed by atoms with Crippen LogP contribution in [0.15, 0.2) is 23.2 Å². The summed E-state index contributed by atoms with van der Waals surface area (Å²) >= 11 is 10.4. The lowest BCUT2D eigenvalue weighted by atomic mass is 10.1. The lowest BCUT2D eigenvalue weighted by Gasteiger charge is -2.18. The third-order valence-corrected chi connectivity index (χ3v) is 2.57. The Labute approximate surface area is 101 Å². The molecule has 0 amide bonds. The molecule has 0 heterocycles. The van der Waals surface area contributed by atoms with E-state index in [-0.39, 0.29) is 11.3 Å². The molecule has 0 aliphatic heterocycles. The first kappa shape index (κ1) is 13.1.